The fourth-order valence-electron chi connectivity index (χ4n) is 2.02. The normalized spacial score (nSPS) is 10.3. The zero-order valence-electron chi connectivity index (χ0n) is 11.6. The quantitative estimate of drug-likeness (QED) is 0.889. The average molecular weight is 290 g/mol. The van der Waals surface area contributed by atoms with Gasteiger partial charge in [-0.15, -0.1) is 11.3 Å². The molecule has 0 unspecified atom stereocenters. The number of nitrogens with two attached hydrogens (primary N) is 1. The standard InChI is InChI=1S/C15H18N2O2S/c1-3-17-15(18)13-11(9-20-14(13)16)10-7-5-6-8-12(10)19-4-2/h5-9H,3-4,16H2,1-2H3,(H,17,18). The summed E-state index contributed by atoms with van der Waals surface area (Å²) in [6.45, 7) is 4.96. The van der Waals surface area contributed by atoms with Crippen LogP contribution >= 0.6 is 11.3 Å². The highest BCUT2D eigenvalue weighted by Crippen LogP contribution is 2.38. The van der Waals surface area contributed by atoms with E-state index < -0.39 is 0 Å². The van der Waals surface area contributed by atoms with Gasteiger partial charge in [-0.3, -0.25) is 4.79 Å². The highest BCUT2D eigenvalue weighted by molar-refractivity contribution is 7.15. The van der Waals surface area contributed by atoms with Crippen LogP contribution in [0, 0.1) is 0 Å². The minimum absolute atomic E-state index is 0.146. The molecule has 1 amide bonds. The third-order valence-electron chi connectivity index (χ3n) is 2.86. The SMILES string of the molecule is CCNC(=O)c1c(-c2ccccc2OCC)csc1N. The predicted octanol–water partition coefficient (Wildman–Crippen LogP) is 3.15. The first-order valence-corrected chi connectivity index (χ1v) is 7.44. The minimum Gasteiger partial charge on any atom is -0.493 e. The van der Waals surface area contributed by atoms with E-state index in [9.17, 15) is 4.79 Å². The van der Waals surface area contributed by atoms with Gasteiger partial charge in [-0.05, 0) is 19.9 Å². The van der Waals surface area contributed by atoms with Crippen molar-refractivity contribution in [3.8, 4) is 16.9 Å². The molecule has 0 spiro atoms. The van der Waals surface area contributed by atoms with Gasteiger partial charge in [-0.25, -0.2) is 0 Å². The van der Waals surface area contributed by atoms with Crippen molar-refractivity contribution < 1.29 is 9.53 Å². The Bertz CT molecular complexity index is 608. The largest absolute Gasteiger partial charge is 0.493 e. The Morgan fingerprint density at radius 2 is 2.05 bits per heavy atom. The van der Waals surface area contributed by atoms with E-state index >= 15 is 0 Å². The van der Waals surface area contributed by atoms with Crippen LogP contribution in [-0.2, 0) is 0 Å². The highest BCUT2D eigenvalue weighted by Gasteiger charge is 2.20. The third-order valence-corrected chi connectivity index (χ3v) is 3.67. The van der Waals surface area contributed by atoms with Crippen molar-refractivity contribution in [2.45, 2.75) is 13.8 Å². The highest BCUT2D eigenvalue weighted by atomic mass is 32.1. The maximum atomic E-state index is 12.2. The second-order valence-electron chi connectivity index (χ2n) is 4.18. The molecule has 0 aliphatic carbocycles. The summed E-state index contributed by atoms with van der Waals surface area (Å²) in [5.41, 5.74) is 8.20. The second-order valence-corrected chi connectivity index (χ2v) is 5.09. The van der Waals surface area contributed by atoms with Gasteiger partial charge in [0.1, 0.15) is 5.75 Å². The Morgan fingerprint density at radius 3 is 2.75 bits per heavy atom. The van der Waals surface area contributed by atoms with E-state index in [1.54, 1.807) is 0 Å². The maximum Gasteiger partial charge on any atom is 0.254 e. The number of nitrogen functional groups attached to an aromatic ring is 1. The van der Waals surface area contributed by atoms with E-state index in [2.05, 4.69) is 5.32 Å². The van der Waals surface area contributed by atoms with Crippen molar-refractivity contribution in [1.82, 2.24) is 5.32 Å². The number of para-hydroxylation sites is 1. The number of hydrogen-bond acceptors (Lipinski definition) is 4. The van der Waals surface area contributed by atoms with Gasteiger partial charge in [0.25, 0.3) is 5.91 Å². The smallest absolute Gasteiger partial charge is 0.254 e. The molecule has 0 aliphatic rings. The number of amides is 1. The van der Waals surface area contributed by atoms with Crippen molar-refractivity contribution >= 4 is 22.2 Å². The summed E-state index contributed by atoms with van der Waals surface area (Å²) in [5, 5.41) is 5.22. The first-order valence-electron chi connectivity index (χ1n) is 6.56. The Kier molecular flexibility index (Phi) is 4.63. The summed E-state index contributed by atoms with van der Waals surface area (Å²) in [6.07, 6.45) is 0. The molecule has 0 fully saturated rings. The van der Waals surface area contributed by atoms with E-state index in [1.165, 1.54) is 11.3 Å². The Labute approximate surface area is 122 Å². The van der Waals surface area contributed by atoms with Gasteiger partial charge in [0.2, 0.25) is 0 Å². The molecular formula is C15H18N2O2S. The number of carbonyl (C=O) groups excluding carboxylic acids is 1. The molecule has 5 heteroatoms. The fraction of sp³-hybridized carbons (Fsp3) is 0.267. The summed E-state index contributed by atoms with van der Waals surface area (Å²) in [7, 11) is 0. The number of anilines is 1. The number of ether oxygens (including phenoxy) is 1. The number of hydrogen-bond donors (Lipinski definition) is 2. The third kappa shape index (κ3) is 2.77. The van der Waals surface area contributed by atoms with Crippen LogP contribution in [0.5, 0.6) is 5.75 Å². The van der Waals surface area contributed by atoms with Crippen LogP contribution in [0.15, 0.2) is 29.6 Å². The molecule has 1 aromatic carbocycles. The van der Waals surface area contributed by atoms with Crippen LogP contribution in [0.3, 0.4) is 0 Å². The fourth-order valence-corrected chi connectivity index (χ4v) is 2.83. The number of benzene rings is 1. The molecule has 1 aromatic heterocycles. The molecule has 0 aliphatic heterocycles. The van der Waals surface area contributed by atoms with Crippen LogP contribution < -0.4 is 15.8 Å². The van der Waals surface area contributed by atoms with Gasteiger partial charge < -0.3 is 15.8 Å². The van der Waals surface area contributed by atoms with Crippen LogP contribution in [0.25, 0.3) is 11.1 Å². The molecule has 0 radical (unpaired) electrons. The summed E-state index contributed by atoms with van der Waals surface area (Å²) in [4.78, 5) is 12.2. The van der Waals surface area contributed by atoms with E-state index in [0.29, 0.717) is 23.7 Å². The van der Waals surface area contributed by atoms with Gasteiger partial charge in [-0.1, -0.05) is 18.2 Å². The van der Waals surface area contributed by atoms with Crippen molar-refractivity contribution in [3.05, 3.63) is 35.2 Å². The first-order chi connectivity index (χ1) is 9.69. The Morgan fingerprint density at radius 1 is 1.30 bits per heavy atom. The molecule has 0 atom stereocenters. The molecule has 2 aromatic rings. The number of thiophene rings is 1. The molecule has 2 rings (SSSR count). The van der Waals surface area contributed by atoms with Gasteiger partial charge >= 0.3 is 0 Å². The van der Waals surface area contributed by atoms with Crippen LogP contribution in [-0.4, -0.2) is 19.1 Å². The molecule has 0 saturated heterocycles. The van der Waals surface area contributed by atoms with Crippen LogP contribution in [0.1, 0.15) is 24.2 Å². The van der Waals surface area contributed by atoms with Gasteiger partial charge in [0.05, 0.1) is 17.2 Å². The summed E-state index contributed by atoms with van der Waals surface area (Å²) >= 11 is 1.37. The zero-order chi connectivity index (χ0) is 14.5. The zero-order valence-corrected chi connectivity index (χ0v) is 12.4. The van der Waals surface area contributed by atoms with E-state index in [0.717, 1.165) is 16.9 Å². The summed E-state index contributed by atoms with van der Waals surface area (Å²) in [5.74, 6) is 0.617. The lowest BCUT2D eigenvalue weighted by Crippen LogP contribution is -2.23. The van der Waals surface area contributed by atoms with Crippen molar-refractivity contribution in [1.29, 1.82) is 0 Å². The van der Waals surface area contributed by atoms with Gasteiger partial charge in [0.15, 0.2) is 0 Å². The number of nitrogens with one attached hydrogen (secondary N) is 1. The van der Waals surface area contributed by atoms with Crippen molar-refractivity contribution in [2.24, 2.45) is 0 Å². The topological polar surface area (TPSA) is 64.3 Å². The molecule has 0 bridgehead atoms. The van der Waals surface area contributed by atoms with E-state index in [-0.39, 0.29) is 5.91 Å². The number of carbonyl (C=O) groups is 1. The molecule has 106 valence electrons. The predicted molar refractivity (Wildman–Crippen MR) is 83.3 cm³/mol. The Hall–Kier alpha value is -2.01. The maximum absolute atomic E-state index is 12.2. The summed E-state index contributed by atoms with van der Waals surface area (Å²) in [6, 6.07) is 7.67. The Balaban J connectivity index is 2.51. The molecular weight excluding hydrogens is 272 g/mol. The van der Waals surface area contributed by atoms with Crippen molar-refractivity contribution in [3.63, 3.8) is 0 Å². The minimum atomic E-state index is -0.146. The van der Waals surface area contributed by atoms with Crippen LogP contribution in [0.4, 0.5) is 5.00 Å². The lowest BCUT2D eigenvalue weighted by Gasteiger charge is -2.11. The molecule has 20 heavy (non-hydrogen) atoms. The first kappa shape index (κ1) is 14.4. The molecule has 3 N–H and O–H groups in total. The lowest BCUT2D eigenvalue weighted by atomic mass is 10.0. The van der Waals surface area contributed by atoms with E-state index in [1.807, 2.05) is 43.5 Å². The van der Waals surface area contributed by atoms with E-state index in [4.69, 9.17) is 10.5 Å². The van der Waals surface area contributed by atoms with Crippen LogP contribution in [0.2, 0.25) is 0 Å². The average Bonchev–Trinajstić information content (AvgIpc) is 2.82. The second kappa shape index (κ2) is 6.43. The monoisotopic (exact) mass is 290 g/mol. The summed E-state index contributed by atoms with van der Waals surface area (Å²) < 4.78 is 5.63. The molecule has 0 saturated carbocycles. The van der Waals surface area contributed by atoms with Gasteiger partial charge in [-0.2, -0.15) is 0 Å². The molecule has 4 nitrogen and oxygen atoms in total. The van der Waals surface area contributed by atoms with Gasteiger partial charge in [0, 0.05) is 23.1 Å². The lowest BCUT2D eigenvalue weighted by molar-refractivity contribution is 0.0957. The number of rotatable bonds is 5. The van der Waals surface area contributed by atoms with Crippen molar-refractivity contribution in [2.75, 3.05) is 18.9 Å². The molecule has 1 heterocycles.